The van der Waals surface area contributed by atoms with Gasteiger partial charge in [0.05, 0.1) is 16.5 Å². The van der Waals surface area contributed by atoms with Gasteiger partial charge in [-0.2, -0.15) is 0 Å². The first-order chi connectivity index (χ1) is 10.3. The summed E-state index contributed by atoms with van der Waals surface area (Å²) < 4.78 is 28.4. The summed E-state index contributed by atoms with van der Waals surface area (Å²) in [5, 5.41) is 10.7. The summed E-state index contributed by atoms with van der Waals surface area (Å²) in [7, 11) is -3.64. The molecule has 4 nitrogen and oxygen atoms in total. The Morgan fingerprint density at radius 1 is 1.41 bits per heavy atom. The normalized spacial score (nSPS) is 20.9. The lowest BCUT2D eigenvalue weighted by molar-refractivity contribution is 0.0587. The van der Waals surface area contributed by atoms with Gasteiger partial charge in [-0.15, -0.1) is 11.3 Å². The molecule has 7 heteroatoms. The van der Waals surface area contributed by atoms with Crippen LogP contribution in [0.25, 0.3) is 0 Å². The van der Waals surface area contributed by atoms with Gasteiger partial charge in [0, 0.05) is 0 Å². The number of hydrogen-bond acceptors (Lipinski definition) is 4. The van der Waals surface area contributed by atoms with Crippen LogP contribution in [0.2, 0.25) is 4.34 Å². The standard InChI is InChI=1S/C15H24ClNO3S2/c1-3-10(2)14(15(18)11-6-4-5-7-11)17-22(19,20)13-9-8-12(16)21-13/h8-11,14-15,17-18H,3-7H2,1-2H3/t10?,14-,15?/m0/s1. The maximum absolute atomic E-state index is 12.5. The lowest BCUT2D eigenvalue weighted by Crippen LogP contribution is -2.49. The van der Waals surface area contributed by atoms with Gasteiger partial charge < -0.3 is 5.11 Å². The highest BCUT2D eigenvalue weighted by molar-refractivity contribution is 7.91. The smallest absolute Gasteiger partial charge is 0.250 e. The predicted molar refractivity (Wildman–Crippen MR) is 90.9 cm³/mol. The van der Waals surface area contributed by atoms with Gasteiger partial charge in [0.15, 0.2) is 0 Å². The minimum Gasteiger partial charge on any atom is -0.391 e. The van der Waals surface area contributed by atoms with E-state index < -0.39 is 22.2 Å². The zero-order valence-corrected chi connectivity index (χ0v) is 15.3. The van der Waals surface area contributed by atoms with Crippen LogP contribution in [0.5, 0.6) is 0 Å². The molecule has 1 aromatic heterocycles. The Labute approximate surface area is 141 Å². The first kappa shape index (κ1) is 18.2. The molecule has 3 atom stereocenters. The van der Waals surface area contributed by atoms with Gasteiger partial charge >= 0.3 is 0 Å². The molecule has 2 rings (SSSR count). The highest BCUT2D eigenvalue weighted by Gasteiger charge is 2.35. The highest BCUT2D eigenvalue weighted by Crippen LogP contribution is 2.32. The molecule has 0 bridgehead atoms. The Kier molecular flexibility index (Phi) is 6.30. The summed E-state index contributed by atoms with van der Waals surface area (Å²) in [5.74, 6) is 0.259. The van der Waals surface area contributed by atoms with Gasteiger partial charge in [-0.1, -0.05) is 44.7 Å². The molecule has 1 aliphatic rings. The average Bonchev–Trinajstić information content (AvgIpc) is 3.14. The fourth-order valence-electron chi connectivity index (χ4n) is 3.05. The summed E-state index contributed by atoms with van der Waals surface area (Å²) in [6, 6.07) is 2.62. The van der Waals surface area contributed by atoms with Crippen molar-refractivity contribution in [3.8, 4) is 0 Å². The second-order valence-corrected chi connectivity index (χ2v) is 9.78. The number of rotatable bonds is 7. The van der Waals surface area contributed by atoms with Crippen molar-refractivity contribution in [3.63, 3.8) is 0 Å². The second-order valence-electron chi connectivity index (χ2n) is 6.13. The van der Waals surface area contributed by atoms with Crippen LogP contribution in [0.15, 0.2) is 16.3 Å². The Morgan fingerprint density at radius 3 is 2.55 bits per heavy atom. The van der Waals surface area contributed by atoms with Crippen LogP contribution < -0.4 is 4.72 Å². The van der Waals surface area contributed by atoms with E-state index in [0.717, 1.165) is 43.4 Å². The lowest BCUT2D eigenvalue weighted by atomic mass is 9.87. The summed E-state index contributed by atoms with van der Waals surface area (Å²) in [6.07, 6.45) is 4.34. The molecule has 0 radical (unpaired) electrons. The molecule has 0 amide bonds. The van der Waals surface area contributed by atoms with E-state index in [4.69, 9.17) is 11.6 Å². The molecule has 0 aromatic carbocycles. The van der Waals surface area contributed by atoms with Crippen molar-refractivity contribution in [2.75, 3.05) is 0 Å². The summed E-state index contributed by atoms with van der Waals surface area (Å²) >= 11 is 6.87. The van der Waals surface area contributed by atoms with E-state index in [9.17, 15) is 13.5 Å². The van der Waals surface area contributed by atoms with Crippen molar-refractivity contribution in [3.05, 3.63) is 16.5 Å². The van der Waals surface area contributed by atoms with Gasteiger partial charge in [0.25, 0.3) is 0 Å². The summed E-state index contributed by atoms with van der Waals surface area (Å²) in [4.78, 5) is 0. The Bertz CT molecular complexity index is 581. The molecule has 1 heterocycles. The first-order valence-electron chi connectivity index (χ1n) is 7.81. The molecule has 0 aliphatic heterocycles. The van der Waals surface area contributed by atoms with Crippen LogP contribution >= 0.6 is 22.9 Å². The van der Waals surface area contributed by atoms with E-state index in [1.54, 1.807) is 6.07 Å². The fraction of sp³-hybridized carbons (Fsp3) is 0.733. The molecule has 0 spiro atoms. The monoisotopic (exact) mass is 365 g/mol. The van der Waals surface area contributed by atoms with E-state index >= 15 is 0 Å². The minimum absolute atomic E-state index is 0.0702. The number of sulfonamides is 1. The van der Waals surface area contributed by atoms with Crippen molar-refractivity contribution in [1.82, 2.24) is 4.72 Å². The third-order valence-corrected chi connectivity index (χ3v) is 7.79. The number of hydrogen-bond donors (Lipinski definition) is 2. The van der Waals surface area contributed by atoms with Crippen molar-refractivity contribution >= 4 is 33.0 Å². The van der Waals surface area contributed by atoms with Crippen LogP contribution in [0.1, 0.15) is 46.0 Å². The van der Waals surface area contributed by atoms with Crippen LogP contribution in [0, 0.1) is 11.8 Å². The summed E-state index contributed by atoms with van der Waals surface area (Å²) in [6.45, 7) is 3.99. The molecule has 22 heavy (non-hydrogen) atoms. The molecule has 1 aromatic rings. The Balaban J connectivity index is 2.18. The van der Waals surface area contributed by atoms with E-state index in [1.165, 1.54) is 6.07 Å². The van der Waals surface area contributed by atoms with Crippen molar-refractivity contribution < 1.29 is 13.5 Å². The average molecular weight is 366 g/mol. The lowest BCUT2D eigenvalue weighted by Gasteiger charge is -2.32. The molecule has 2 unspecified atom stereocenters. The summed E-state index contributed by atoms with van der Waals surface area (Å²) in [5.41, 5.74) is 0. The van der Waals surface area contributed by atoms with Gasteiger partial charge in [-0.3, -0.25) is 0 Å². The molecule has 2 N–H and O–H groups in total. The molecule has 1 aliphatic carbocycles. The van der Waals surface area contributed by atoms with Gasteiger partial charge in [0.1, 0.15) is 4.21 Å². The van der Waals surface area contributed by atoms with Crippen LogP contribution in [0.3, 0.4) is 0 Å². The van der Waals surface area contributed by atoms with Crippen LogP contribution in [0.4, 0.5) is 0 Å². The SMILES string of the molecule is CCC(C)[C@H](NS(=O)(=O)c1ccc(Cl)s1)C(O)C1CCCC1. The van der Waals surface area contributed by atoms with Crippen LogP contribution in [-0.4, -0.2) is 25.7 Å². The van der Waals surface area contributed by atoms with Crippen molar-refractivity contribution in [2.24, 2.45) is 11.8 Å². The number of halogens is 1. The molecule has 0 saturated heterocycles. The van der Waals surface area contributed by atoms with Gasteiger partial charge in [0.2, 0.25) is 10.0 Å². The van der Waals surface area contributed by atoms with E-state index in [1.807, 2.05) is 13.8 Å². The predicted octanol–water partition coefficient (Wildman–Crippen LogP) is 3.65. The third-order valence-electron chi connectivity index (χ3n) is 4.61. The third kappa shape index (κ3) is 4.23. The number of nitrogens with one attached hydrogen (secondary N) is 1. The zero-order chi connectivity index (χ0) is 16.3. The fourth-order valence-corrected chi connectivity index (χ4v) is 5.91. The molecular formula is C15H24ClNO3S2. The quantitative estimate of drug-likeness (QED) is 0.775. The van der Waals surface area contributed by atoms with E-state index in [0.29, 0.717) is 4.34 Å². The van der Waals surface area contributed by atoms with Crippen LogP contribution in [-0.2, 0) is 10.0 Å². The Hall–Kier alpha value is -0.140. The Morgan fingerprint density at radius 2 is 2.05 bits per heavy atom. The molecular weight excluding hydrogens is 342 g/mol. The van der Waals surface area contributed by atoms with Crippen molar-refractivity contribution in [1.29, 1.82) is 0 Å². The van der Waals surface area contributed by atoms with Gasteiger partial charge in [-0.05, 0) is 36.8 Å². The molecule has 1 saturated carbocycles. The largest absolute Gasteiger partial charge is 0.391 e. The number of aliphatic hydroxyl groups is 1. The first-order valence-corrected chi connectivity index (χ1v) is 10.5. The topological polar surface area (TPSA) is 66.4 Å². The number of thiophene rings is 1. The van der Waals surface area contributed by atoms with E-state index in [-0.39, 0.29) is 16.0 Å². The van der Waals surface area contributed by atoms with E-state index in [2.05, 4.69) is 4.72 Å². The van der Waals surface area contributed by atoms with Gasteiger partial charge in [-0.25, -0.2) is 13.1 Å². The zero-order valence-electron chi connectivity index (χ0n) is 13.0. The maximum atomic E-state index is 12.5. The number of aliphatic hydroxyl groups excluding tert-OH is 1. The molecule has 126 valence electrons. The van der Waals surface area contributed by atoms with Crippen molar-refractivity contribution in [2.45, 2.75) is 62.3 Å². The minimum atomic E-state index is -3.64. The molecule has 1 fully saturated rings. The highest BCUT2D eigenvalue weighted by atomic mass is 35.5. The second kappa shape index (κ2) is 7.62. The maximum Gasteiger partial charge on any atom is 0.250 e.